The molecule has 0 fully saturated rings. The standard InChI is InChI=1S/C6H2N2O2/c7-1-5(2-8)6(3-9)4-10/h3-4H. The van der Waals surface area contributed by atoms with Crippen molar-refractivity contribution in [3.8, 4) is 12.1 Å². The highest BCUT2D eigenvalue weighted by Gasteiger charge is 2.01. The molecule has 0 aromatic heterocycles. The van der Waals surface area contributed by atoms with Gasteiger partial charge in [-0.15, -0.1) is 0 Å². The SMILES string of the molecule is N#CC(C#N)=C(C=O)C=O. The zero-order valence-electron chi connectivity index (χ0n) is 4.87. The number of nitriles is 2. The largest absolute Gasteiger partial charge is 0.298 e. The molecule has 0 aliphatic heterocycles. The van der Waals surface area contributed by atoms with Crippen molar-refractivity contribution in [2.75, 3.05) is 0 Å². The quantitative estimate of drug-likeness (QED) is 0.171. The Balaban J connectivity index is 4.98. The number of carbonyl (C=O) groups excluding carboxylic acids is 2. The van der Waals surface area contributed by atoms with Gasteiger partial charge >= 0.3 is 0 Å². The van der Waals surface area contributed by atoms with Gasteiger partial charge in [-0.1, -0.05) is 0 Å². The summed E-state index contributed by atoms with van der Waals surface area (Å²) in [5, 5.41) is 16.2. The molecule has 48 valence electrons. The Bertz CT molecular complexity index is 238. The van der Waals surface area contributed by atoms with Gasteiger partial charge in [-0.25, -0.2) is 0 Å². The summed E-state index contributed by atoms with van der Waals surface area (Å²) in [7, 11) is 0. The third-order valence-corrected chi connectivity index (χ3v) is 0.766. The molecule has 0 atom stereocenters. The topological polar surface area (TPSA) is 81.7 Å². The minimum absolute atomic E-state index is 0.175. The molecular weight excluding hydrogens is 132 g/mol. The number of hydrogen-bond donors (Lipinski definition) is 0. The second kappa shape index (κ2) is 3.99. The highest BCUT2D eigenvalue weighted by Crippen LogP contribution is 1.94. The van der Waals surface area contributed by atoms with Crippen LogP contribution in [0.2, 0.25) is 0 Å². The number of rotatable bonds is 2. The first-order valence-electron chi connectivity index (χ1n) is 2.25. The van der Waals surface area contributed by atoms with Crippen LogP contribution in [0.1, 0.15) is 0 Å². The Morgan fingerprint density at radius 1 is 1.10 bits per heavy atom. The van der Waals surface area contributed by atoms with Crippen LogP contribution >= 0.6 is 0 Å². The molecule has 0 N–H and O–H groups in total. The molecule has 4 heteroatoms. The highest BCUT2D eigenvalue weighted by molar-refractivity contribution is 6.01. The number of aldehydes is 2. The molecule has 4 nitrogen and oxygen atoms in total. The van der Waals surface area contributed by atoms with E-state index in [9.17, 15) is 9.59 Å². The molecule has 0 spiro atoms. The lowest BCUT2D eigenvalue weighted by atomic mass is 10.2. The summed E-state index contributed by atoms with van der Waals surface area (Å²) < 4.78 is 0. The molecule has 0 unspecified atom stereocenters. The molecule has 0 heterocycles. The minimum atomic E-state index is -0.454. The average molecular weight is 134 g/mol. The van der Waals surface area contributed by atoms with Gasteiger partial charge in [0.1, 0.15) is 17.7 Å². The van der Waals surface area contributed by atoms with E-state index in [4.69, 9.17) is 10.5 Å². The van der Waals surface area contributed by atoms with Crippen molar-refractivity contribution in [3.05, 3.63) is 11.1 Å². The molecule has 0 amide bonds. The summed E-state index contributed by atoms with van der Waals surface area (Å²) in [5.41, 5.74) is -0.866. The molecule has 0 aromatic carbocycles. The van der Waals surface area contributed by atoms with Crippen LogP contribution in [0.25, 0.3) is 0 Å². The van der Waals surface area contributed by atoms with E-state index in [1.807, 2.05) is 0 Å². The molecule has 0 rings (SSSR count). The molecule has 0 aliphatic rings. The van der Waals surface area contributed by atoms with E-state index in [0.29, 0.717) is 0 Å². The normalized spacial score (nSPS) is 6.60. The first-order valence-corrected chi connectivity index (χ1v) is 2.25. The molecule has 0 aromatic rings. The van der Waals surface area contributed by atoms with E-state index in [1.54, 1.807) is 0 Å². The first-order chi connectivity index (χ1) is 4.79. The van der Waals surface area contributed by atoms with Crippen molar-refractivity contribution >= 4 is 12.6 Å². The summed E-state index contributed by atoms with van der Waals surface area (Å²) in [5.74, 6) is 0. The van der Waals surface area contributed by atoms with E-state index in [0.717, 1.165) is 0 Å². The van der Waals surface area contributed by atoms with Crippen molar-refractivity contribution in [1.29, 1.82) is 10.5 Å². The van der Waals surface area contributed by atoms with Crippen LogP contribution in [0.5, 0.6) is 0 Å². The maximum Gasteiger partial charge on any atom is 0.155 e. The summed E-state index contributed by atoms with van der Waals surface area (Å²) in [4.78, 5) is 19.8. The van der Waals surface area contributed by atoms with E-state index in [2.05, 4.69) is 0 Å². The molecular formula is C6H2N2O2. The minimum Gasteiger partial charge on any atom is -0.298 e. The predicted octanol–water partition coefficient (Wildman–Crippen LogP) is -0.272. The lowest BCUT2D eigenvalue weighted by Gasteiger charge is -1.80. The number of nitrogens with zero attached hydrogens (tertiary/aromatic N) is 2. The average Bonchev–Trinajstić information content (AvgIpc) is 2.00. The fourth-order valence-corrected chi connectivity index (χ4v) is 0.300. The van der Waals surface area contributed by atoms with Crippen molar-refractivity contribution in [2.45, 2.75) is 0 Å². The zero-order chi connectivity index (χ0) is 7.98. The van der Waals surface area contributed by atoms with Gasteiger partial charge in [0, 0.05) is 0 Å². The van der Waals surface area contributed by atoms with Gasteiger partial charge in [-0.2, -0.15) is 10.5 Å². The monoisotopic (exact) mass is 134 g/mol. The molecule has 0 saturated carbocycles. The summed E-state index contributed by atoms with van der Waals surface area (Å²) in [6.07, 6.45) is 0.351. The number of carbonyl (C=O) groups is 2. The summed E-state index contributed by atoms with van der Waals surface area (Å²) in [6, 6.07) is 2.82. The molecule has 0 saturated heterocycles. The van der Waals surface area contributed by atoms with Crippen LogP contribution in [0.4, 0.5) is 0 Å². The second-order valence-electron chi connectivity index (χ2n) is 1.29. The molecule has 0 bridgehead atoms. The van der Waals surface area contributed by atoms with Crippen LogP contribution in [0, 0.1) is 22.7 Å². The highest BCUT2D eigenvalue weighted by atomic mass is 16.1. The Hall–Kier alpha value is -1.94. The first kappa shape index (κ1) is 8.06. The number of hydrogen-bond acceptors (Lipinski definition) is 4. The van der Waals surface area contributed by atoms with Crippen LogP contribution in [0.15, 0.2) is 11.1 Å². The summed E-state index contributed by atoms with van der Waals surface area (Å²) >= 11 is 0. The van der Waals surface area contributed by atoms with Gasteiger partial charge in [0.25, 0.3) is 0 Å². The zero-order valence-corrected chi connectivity index (χ0v) is 4.87. The summed E-state index contributed by atoms with van der Waals surface area (Å²) in [6.45, 7) is 0. The Morgan fingerprint density at radius 2 is 1.50 bits per heavy atom. The van der Waals surface area contributed by atoms with Gasteiger partial charge in [-0.3, -0.25) is 9.59 Å². The van der Waals surface area contributed by atoms with Gasteiger partial charge < -0.3 is 0 Å². The lowest BCUT2D eigenvalue weighted by Crippen LogP contribution is -1.90. The van der Waals surface area contributed by atoms with Crippen molar-refractivity contribution in [1.82, 2.24) is 0 Å². The van der Waals surface area contributed by atoms with Crippen molar-refractivity contribution in [3.63, 3.8) is 0 Å². The Morgan fingerprint density at radius 3 is 1.60 bits per heavy atom. The number of allylic oxidation sites excluding steroid dienone is 2. The van der Waals surface area contributed by atoms with Gasteiger partial charge in [0.2, 0.25) is 0 Å². The molecule has 10 heavy (non-hydrogen) atoms. The van der Waals surface area contributed by atoms with Gasteiger partial charge in [-0.05, 0) is 0 Å². The van der Waals surface area contributed by atoms with Crippen LogP contribution < -0.4 is 0 Å². The Labute approximate surface area is 57.0 Å². The lowest BCUT2D eigenvalue weighted by molar-refractivity contribution is -0.109. The van der Waals surface area contributed by atoms with Crippen LogP contribution in [-0.4, -0.2) is 12.6 Å². The molecule has 0 radical (unpaired) electrons. The third kappa shape index (κ3) is 1.53. The smallest absolute Gasteiger partial charge is 0.155 e. The third-order valence-electron chi connectivity index (χ3n) is 0.766. The molecule has 0 aliphatic carbocycles. The maximum atomic E-state index is 9.90. The van der Waals surface area contributed by atoms with E-state index in [-0.39, 0.29) is 12.6 Å². The Kier molecular flexibility index (Phi) is 3.22. The van der Waals surface area contributed by atoms with Crippen molar-refractivity contribution < 1.29 is 9.59 Å². The predicted molar refractivity (Wildman–Crippen MR) is 30.4 cm³/mol. The fourth-order valence-electron chi connectivity index (χ4n) is 0.300. The van der Waals surface area contributed by atoms with Crippen LogP contribution in [-0.2, 0) is 9.59 Å². The second-order valence-corrected chi connectivity index (χ2v) is 1.29. The van der Waals surface area contributed by atoms with E-state index < -0.39 is 11.1 Å². The maximum absolute atomic E-state index is 9.90. The fraction of sp³-hybridized carbons (Fsp3) is 0. The van der Waals surface area contributed by atoms with E-state index in [1.165, 1.54) is 12.1 Å². The van der Waals surface area contributed by atoms with Gasteiger partial charge in [0.05, 0.1) is 5.57 Å². The van der Waals surface area contributed by atoms with Gasteiger partial charge in [0.15, 0.2) is 12.6 Å². The van der Waals surface area contributed by atoms with E-state index >= 15 is 0 Å². The van der Waals surface area contributed by atoms with Crippen LogP contribution in [0.3, 0.4) is 0 Å². The van der Waals surface area contributed by atoms with Crippen molar-refractivity contribution in [2.24, 2.45) is 0 Å².